The van der Waals surface area contributed by atoms with Crippen LogP contribution in [0, 0.1) is 6.92 Å². The van der Waals surface area contributed by atoms with Gasteiger partial charge in [0.15, 0.2) is 0 Å². The molecule has 0 saturated heterocycles. The van der Waals surface area contributed by atoms with E-state index in [1.807, 2.05) is 54.9 Å². The van der Waals surface area contributed by atoms with Gasteiger partial charge in [0.25, 0.3) is 0 Å². The number of benzene rings is 1. The monoisotopic (exact) mass is 333 g/mol. The summed E-state index contributed by atoms with van der Waals surface area (Å²) in [5.74, 6) is -0.0473. The Hall–Kier alpha value is -1.92. The van der Waals surface area contributed by atoms with E-state index in [1.54, 1.807) is 6.92 Å². The van der Waals surface area contributed by atoms with Crippen LogP contribution in [0.4, 0.5) is 0 Å². The number of sulfonamides is 1. The van der Waals surface area contributed by atoms with Gasteiger partial charge in [-0.05, 0) is 39.0 Å². The number of hydrogen-bond donors (Lipinski definition) is 1. The van der Waals surface area contributed by atoms with Crippen molar-refractivity contribution in [2.45, 2.75) is 33.2 Å². The van der Waals surface area contributed by atoms with Crippen LogP contribution in [0.25, 0.3) is 5.69 Å². The van der Waals surface area contributed by atoms with E-state index in [9.17, 15) is 8.42 Å². The number of rotatable bonds is 7. The fourth-order valence-corrected chi connectivity index (χ4v) is 3.95. The fraction of sp³-hybridized carbons (Fsp3) is 0.353. The molecule has 1 aromatic carbocycles. The van der Waals surface area contributed by atoms with Gasteiger partial charge in [0.05, 0.1) is 17.1 Å². The second-order valence-electron chi connectivity index (χ2n) is 5.96. The van der Waals surface area contributed by atoms with E-state index in [0.29, 0.717) is 12.0 Å². The molecular weight excluding hydrogens is 310 g/mol. The molecular formula is C17H23N3O2S. The minimum absolute atomic E-state index is 0.0473. The summed E-state index contributed by atoms with van der Waals surface area (Å²) in [6, 6.07) is 11.6. The zero-order valence-corrected chi connectivity index (χ0v) is 14.6. The lowest BCUT2D eigenvalue weighted by Gasteiger charge is -2.15. The topological polar surface area (TPSA) is 64.0 Å². The highest BCUT2D eigenvalue weighted by Crippen LogP contribution is 2.14. The molecule has 0 aliphatic carbocycles. The standard InChI is InChI=1S/C17H23N3O2S/c1-13(2)12-23(21,22)19-15(4)11-17-10-14(3)18-20(17)16-8-6-5-7-9-16/h5-10,15,19H,1,11-12H2,2-4H3/t15-/m0/s1. The van der Waals surface area contributed by atoms with Crippen LogP contribution in [0.2, 0.25) is 0 Å². The van der Waals surface area contributed by atoms with Crippen molar-refractivity contribution in [1.82, 2.24) is 14.5 Å². The quantitative estimate of drug-likeness (QED) is 0.792. The van der Waals surface area contributed by atoms with Gasteiger partial charge in [-0.25, -0.2) is 17.8 Å². The molecule has 124 valence electrons. The summed E-state index contributed by atoms with van der Waals surface area (Å²) in [7, 11) is -3.35. The van der Waals surface area contributed by atoms with Crippen molar-refractivity contribution in [3.8, 4) is 5.69 Å². The minimum Gasteiger partial charge on any atom is -0.238 e. The van der Waals surface area contributed by atoms with Crippen LogP contribution in [-0.2, 0) is 16.4 Å². The van der Waals surface area contributed by atoms with E-state index < -0.39 is 10.0 Å². The van der Waals surface area contributed by atoms with Gasteiger partial charge in [-0.2, -0.15) is 5.10 Å². The highest BCUT2D eigenvalue weighted by molar-refractivity contribution is 7.89. The smallest absolute Gasteiger partial charge is 0.215 e. The van der Waals surface area contributed by atoms with Crippen LogP contribution in [0.3, 0.4) is 0 Å². The molecule has 1 heterocycles. The molecule has 2 rings (SSSR count). The molecule has 0 radical (unpaired) electrons. The van der Waals surface area contributed by atoms with Crippen LogP contribution in [0.1, 0.15) is 25.2 Å². The van der Waals surface area contributed by atoms with Crippen LogP contribution >= 0.6 is 0 Å². The largest absolute Gasteiger partial charge is 0.238 e. The number of nitrogens with one attached hydrogen (secondary N) is 1. The molecule has 2 aromatic rings. The Kier molecular flexibility index (Phi) is 5.38. The Labute approximate surface area is 138 Å². The number of para-hydroxylation sites is 1. The number of hydrogen-bond acceptors (Lipinski definition) is 3. The molecule has 6 heteroatoms. The van der Waals surface area contributed by atoms with Gasteiger partial charge in [-0.15, -0.1) is 0 Å². The van der Waals surface area contributed by atoms with E-state index in [0.717, 1.165) is 17.1 Å². The number of aryl methyl sites for hydroxylation is 1. The van der Waals surface area contributed by atoms with Crippen LogP contribution in [0.15, 0.2) is 48.6 Å². The molecule has 0 aliphatic rings. The SMILES string of the molecule is C=C(C)CS(=O)(=O)N[C@@H](C)Cc1cc(C)nn1-c1ccccc1. The molecule has 1 N–H and O–H groups in total. The Bertz CT molecular complexity index is 779. The lowest BCUT2D eigenvalue weighted by molar-refractivity contribution is 0.557. The van der Waals surface area contributed by atoms with Gasteiger partial charge in [-0.3, -0.25) is 0 Å². The predicted octanol–water partition coefficient (Wildman–Crippen LogP) is 2.61. The van der Waals surface area contributed by atoms with E-state index in [2.05, 4.69) is 16.4 Å². The first-order valence-electron chi connectivity index (χ1n) is 7.52. The summed E-state index contributed by atoms with van der Waals surface area (Å²) in [6.45, 7) is 9.15. The van der Waals surface area contributed by atoms with Crippen molar-refractivity contribution in [3.63, 3.8) is 0 Å². The van der Waals surface area contributed by atoms with Gasteiger partial charge in [0.2, 0.25) is 10.0 Å². The Morgan fingerprint density at radius 3 is 2.61 bits per heavy atom. The van der Waals surface area contributed by atoms with Crippen molar-refractivity contribution in [1.29, 1.82) is 0 Å². The summed E-state index contributed by atoms with van der Waals surface area (Å²) in [6.07, 6.45) is 0.561. The van der Waals surface area contributed by atoms with E-state index in [1.165, 1.54) is 0 Å². The third-order valence-electron chi connectivity index (χ3n) is 3.24. The highest BCUT2D eigenvalue weighted by Gasteiger charge is 2.17. The molecule has 0 spiro atoms. The number of nitrogens with zero attached hydrogens (tertiary/aromatic N) is 2. The molecule has 1 aromatic heterocycles. The molecule has 5 nitrogen and oxygen atoms in total. The normalized spacial score (nSPS) is 13.0. The van der Waals surface area contributed by atoms with Crippen molar-refractivity contribution in [3.05, 3.63) is 59.9 Å². The highest BCUT2D eigenvalue weighted by atomic mass is 32.2. The molecule has 23 heavy (non-hydrogen) atoms. The average molecular weight is 333 g/mol. The molecule has 0 saturated carbocycles. The zero-order chi connectivity index (χ0) is 17.0. The Morgan fingerprint density at radius 1 is 1.35 bits per heavy atom. The van der Waals surface area contributed by atoms with Gasteiger partial charge in [0, 0.05) is 18.2 Å². The first kappa shape index (κ1) is 17.4. The van der Waals surface area contributed by atoms with Crippen LogP contribution in [-0.4, -0.2) is 30.0 Å². The maximum atomic E-state index is 12.0. The van der Waals surface area contributed by atoms with Gasteiger partial charge in [0.1, 0.15) is 0 Å². The Morgan fingerprint density at radius 2 is 2.00 bits per heavy atom. The van der Waals surface area contributed by atoms with E-state index in [-0.39, 0.29) is 11.8 Å². The van der Waals surface area contributed by atoms with Gasteiger partial charge in [-0.1, -0.05) is 30.4 Å². The lowest BCUT2D eigenvalue weighted by atomic mass is 10.2. The lowest BCUT2D eigenvalue weighted by Crippen LogP contribution is -2.36. The first-order valence-corrected chi connectivity index (χ1v) is 9.17. The summed E-state index contributed by atoms with van der Waals surface area (Å²) in [5, 5.41) is 4.50. The van der Waals surface area contributed by atoms with Crippen LogP contribution < -0.4 is 4.72 Å². The third-order valence-corrected chi connectivity index (χ3v) is 4.87. The van der Waals surface area contributed by atoms with Crippen molar-refractivity contribution in [2.75, 3.05) is 5.75 Å². The Balaban J connectivity index is 2.16. The van der Waals surface area contributed by atoms with Crippen molar-refractivity contribution < 1.29 is 8.42 Å². The van der Waals surface area contributed by atoms with Crippen molar-refractivity contribution in [2.24, 2.45) is 0 Å². The van der Waals surface area contributed by atoms with Crippen molar-refractivity contribution >= 4 is 10.0 Å². The summed E-state index contributed by atoms with van der Waals surface area (Å²) in [5.41, 5.74) is 3.46. The van der Waals surface area contributed by atoms with E-state index >= 15 is 0 Å². The third kappa shape index (κ3) is 5.04. The second kappa shape index (κ2) is 7.10. The summed E-state index contributed by atoms with van der Waals surface area (Å²) in [4.78, 5) is 0. The summed E-state index contributed by atoms with van der Waals surface area (Å²) >= 11 is 0. The predicted molar refractivity (Wildman–Crippen MR) is 93.2 cm³/mol. The second-order valence-corrected chi connectivity index (χ2v) is 7.72. The molecule has 0 fully saturated rings. The number of aromatic nitrogens is 2. The average Bonchev–Trinajstić information content (AvgIpc) is 2.78. The maximum absolute atomic E-state index is 12.0. The fourth-order valence-electron chi connectivity index (χ4n) is 2.52. The molecule has 0 amide bonds. The molecule has 0 bridgehead atoms. The maximum Gasteiger partial charge on any atom is 0.215 e. The molecule has 0 unspecified atom stereocenters. The molecule has 0 aliphatic heterocycles. The first-order chi connectivity index (χ1) is 10.8. The van der Waals surface area contributed by atoms with Crippen LogP contribution in [0.5, 0.6) is 0 Å². The molecule has 1 atom stereocenters. The van der Waals surface area contributed by atoms with E-state index in [4.69, 9.17) is 0 Å². The zero-order valence-electron chi connectivity index (χ0n) is 13.8. The van der Waals surface area contributed by atoms with Gasteiger partial charge < -0.3 is 0 Å². The minimum atomic E-state index is -3.35. The summed E-state index contributed by atoms with van der Waals surface area (Å²) < 4.78 is 28.6. The van der Waals surface area contributed by atoms with Gasteiger partial charge >= 0.3 is 0 Å².